The van der Waals surface area contributed by atoms with Crippen LogP contribution in [0.15, 0.2) is 79.0 Å². The number of alkyl carbamates (subject to hydrolysis) is 1. The van der Waals surface area contributed by atoms with E-state index in [1.54, 1.807) is 6.20 Å². The largest absolute Gasteiger partial charge is 0.444 e. The molecule has 1 saturated carbocycles. The molecule has 5 aromatic rings. The van der Waals surface area contributed by atoms with E-state index in [0.29, 0.717) is 22.6 Å². The minimum atomic E-state index is -0.490. The van der Waals surface area contributed by atoms with Gasteiger partial charge in [-0.2, -0.15) is 0 Å². The zero-order valence-electron chi connectivity index (χ0n) is 25.3. The first-order valence-corrected chi connectivity index (χ1v) is 15.5. The van der Waals surface area contributed by atoms with Crippen molar-refractivity contribution in [3.8, 4) is 28.3 Å². The number of amides is 1. The van der Waals surface area contributed by atoms with Gasteiger partial charge in [0.25, 0.3) is 0 Å². The van der Waals surface area contributed by atoms with E-state index in [1.807, 2.05) is 73.9 Å². The van der Waals surface area contributed by atoms with Gasteiger partial charge in [0.15, 0.2) is 11.5 Å². The van der Waals surface area contributed by atoms with Crippen molar-refractivity contribution in [1.29, 1.82) is 0 Å². The Morgan fingerprint density at radius 2 is 1.77 bits per heavy atom. The van der Waals surface area contributed by atoms with Gasteiger partial charge >= 0.3 is 6.09 Å². The van der Waals surface area contributed by atoms with Gasteiger partial charge < -0.3 is 15.8 Å². The van der Waals surface area contributed by atoms with Gasteiger partial charge in [0.05, 0.1) is 11.3 Å². The molecule has 0 bridgehead atoms. The van der Waals surface area contributed by atoms with Gasteiger partial charge in [0, 0.05) is 28.5 Å². The number of aromatic nitrogens is 4. The second-order valence-electron chi connectivity index (χ2n) is 12.5. The second kappa shape index (κ2) is 12.3. The summed E-state index contributed by atoms with van der Waals surface area (Å²) >= 11 is 6.29. The molecule has 3 heterocycles. The Hall–Kier alpha value is -4.43. The first-order valence-electron chi connectivity index (χ1n) is 15.1. The molecule has 1 aliphatic rings. The van der Waals surface area contributed by atoms with Crippen LogP contribution in [0.3, 0.4) is 0 Å². The van der Waals surface area contributed by atoms with E-state index in [1.165, 1.54) is 5.56 Å². The minimum Gasteiger partial charge on any atom is -0.444 e. The summed E-state index contributed by atoms with van der Waals surface area (Å²) in [4.78, 5) is 26.5. The van der Waals surface area contributed by atoms with Crippen LogP contribution in [0.1, 0.15) is 52.0 Å². The van der Waals surface area contributed by atoms with Gasteiger partial charge in [0.1, 0.15) is 16.9 Å². The molecule has 3 aromatic heterocycles. The number of nitrogens with one attached hydrogen (secondary N) is 1. The lowest BCUT2D eigenvalue weighted by Gasteiger charge is -2.30. The lowest BCUT2D eigenvalue weighted by Crippen LogP contribution is -2.41. The van der Waals surface area contributed by atoms with E-state index in [4.69, 9.17) is 32.0 Å². The van der Waals surface area contributed by atoms with Crippen LogP contribution in [0.2, 0.25) is 5.02 Å². The normalized spacial score (nSPS) is 17.0. The number of benzene rings is 2. The third-order valence-corrected chi connectivity index (χ3v) is 8.23. The quantitative estimate of drug-likeness (QED) is 0.202. The Balaban J connectivity index is 1.25. The third-order valence-electron chi connectivity index (χ3n) is 7.99. The average molecular weight is 609 g/mol. The van der Waals surface area contributed by atoms with Crippen molar-refractivity contribution in [2.75, 3.05) is 5.73 Å². The molecule has 9 heteroatoms. The van der Waals surface area contributed by atoms with Crippen molar-refractivity contribution in [3.05, 3.63) is 89.6 Å². The molecule has 3 N–H and O–H groups in total. The maximum Gasteiger partial charge on any atom is 0.407 e. The summed E-state index contributed by atoms with van der Waals surface area (Å²) in [5, 5.41) is 3.70. The molecule has 0 unspecified atom stereocenters. The second-order valence-corrected chi connectivity index (χ2v) is 12.9. The Kier molecular flexibility index (Phi) is 8.27. The van der Waals surface area contributed by atoms with Crippen LogP contribution < -0.4 is 11.1 Å². The van der Waals surface area contributed by atoms with E-state index in [0.717, 1.165) is 65.8 Å². The van der Waals surface area contributed by atoms with Crippen LogP contribution in [0.4, 0.5) is 10.6 Å². The number of hydrogen-bond donors (Lipinski definition) is 2. The van der Waals surface area contributed by atoms with Crippen molar-refractivity contribution < 1.29 is 9.53 Å². The molecular weight excluding hydrogens is 572 g/mol. The number of carbonyl (C=O) groups excluding carboxylic acids is 1. The molecule has 1 amide bonds. The molecule has 0 atom stereocenters. The number of fused-ring (bicyclic) bond motifs is 1. The summed E-state index contributed by atoms with van der Waals surface area (Å²) in [5.74, 6) is 1.66. The van der Waals surface area contributed by atoms with Crippen molar-refractivity contribution in [2.24, 2.45) is 5.92 Å². The van der Waals surface area contributed by atoms with Crippen molar-refractivity contribution in [2.45, 2.75) is 64.5 Å². The number of nitrogen functional groups attached to an aromatic ring is 1. The Morgan fingerprint density at radius 3 is 2.48 bits per heavy atom. The zero-order valence-corrected chi connectivity index (χ0v) is 26.0. The highest BCUT2D eigenvalue weighted by atomic mass is 35.5. The maximum absolute atomic E-state index is 12.2. The number of nitrogens with zero attached hydrogens (tertiary/aromatic N) is 4. The highest BCUT2D eigenvalue weighted by molar-refractivity contribution is 6.30. The lowest BCUT2D eigenvalue weighted by atomic mass is 9.82. The number of nitrogens with two attached hydrogens (primary N) is 1. The van der Waals surface area contributed by atoms with Gasteiger partial charge in [-0.25, -0.2) is 19.7 Å². The molecule has 1 aliphatic carbocycles. The summed E-state index contributed by atoms with van der Waals surface area (Å²) in [6.07, 6.45) is 6.38. The van der Waals surface area contributed by atoms with E-state index in [2.05, 4.69) is 34.6 Å². The minimum absolute atomic E-state index is 0.167. The topological polar surface area (TPSA) is 108 Å². The Morgan fingerprint density at radius 1 is 1.00 bits per heavy atom. The molecular formula is C35H37ClN6O2. The van der Waals surface area contributed by atoms with E-state index < -0.39 is 5.60 Å². The van der Waals surface area contributed by atoms with Crippen molar-refractivity contribution >= 4 is 34.7 Å². The number of hydrogen-bond acceptors (Lipinski definition) is 6. The highest BCUT2D eigenvalue weighted by Gasteiger charge is 2.25. The molecule has 8 nitrogen and oxygen atoms in total. The van der Waals surface area contributed by atoms with Crippen molar-refractivity contribution in [3.63, 3.8) is 0 Å². The number of pyridine rings is 2. The fourth-order valence-corrected chi connectivity index (χ4v) is 6.09. The van der Waals surface area contributed by atoms with Crippen LogP contribution >= 0.6 is 11.6 Å². The number of ether oxygens (including phenoxy) is 1. The summed E-state index contributed by atoms with van der Waals surface area (Å²) in [6, 6.07) is 24.2. The standard InChI is InChI=1S/C35H37ClN6O2/c1-35(2,3)44-34(43)39-26-13-9-22(10-14-26)20-23-11-15-27(16-12-23)42-32(28-8-5-19-38-31(28)37)41-30-18-17-29(40-33(30)42)24-6-4-7-25(36)21-24/h4-8,11-12,15-19,21-22,26H,9-10,13-14,20H2,1-3H3,(H2,37,38)(H,39,43). The summed E-state index contributed by atoms with van der Waals surface area (Å²) < 4.78 is 7.48. The first-order chi connectivity index (χ1) is 21.1. The summed E-state index contributed by atoms with van der Waals surface area (Å²) in [5.41, 5.74) is 12.0. The molecule has 1 fully saturated rings. The Labute approximate surface area is 262 Å². The molecule has 6 rings (SSSR count). The predicted molar refractivity (Wildman–Crippen MR) is 176 cm³/mol. The fourth-order valence-electron chi connectivity index (χ4n) is 5.90. The van der Waals surface area contributed by atoms with Crippen LogP contribution in [0, 0.1) is 5.92 Å². The van der Waals surface area contributed by atoms with Crippen LogP contribution in [0.25, 0.3) is 39.5 Å². The number of carbonyl (C=O) groups is 1. The molecule has 0 aliphatic heterocycles. The van der Waals surface area contributed by atoms with Gasteiger partial charge in [-0.1, -0.05) is 35.9 Å². The third kappa shape index (κ3) is 6.70. The van der Waals surface area contributed by atoms with E-state index in [9.17, 15) is 4.79 Å². The molecule has 0 radical (unpaired) electrons. The van der Waals surface area contributed by atoms with Crippen molar-refractivity contribution in [1.82, 2.24) is 24.8 Å². The SMILES string of the molecule is CC(C)(C)OC(=O)NC1CCC(Cc2ccc(-n3c(-c4cccnc4N)nc4ccc(-c5cccc(Cl)c5)nc43)cc2)CC1. The molecule has 0 spiro atoms. The van der Waals surface area contributed by atoms with E-state index in [-0.39, 0.29) is 12.1 Å². The number of rotatable bonds is 6. The molecule has 2 aromatic carbocycles. The summed E-state index contributed by atoms with van der Waals surface area (Å²) in [6.45, 7) is 5.65. The molecule has 44 heavy (non-hydrogen) atoms. The zero-order chi connectivity index (χ0) is 30.8. The van der Waals surface area contributed by atoms with Crippen LogP contribution in [0.5, 0.6) is 0 Å². The number of imidazole rings is 1. The Bertz CT molecular complexity index is 1790. The highest BCUT2D eigenvalue weighted by Crippen LogP contribution is 2.33. The van der Waals surface area contributed by atoms with E-state index >= 15 is 0 Å². The smallest absolute Gasteiger partial charge is 0.407 e. The number of anilines is 1. The summed E-state index contributed by atoms with van der Waals surface area (Å²) in [7, 11) is 0. The molecule has 226 valence electrons. The maximum atomic E-state index is 12.2. The average Bonchev–Trinajstić information content (AvgIpc) is 3.36. The molecule has 0 saturated heterocycles. The van der Waals surface area contributed by atoms with Crippen LogP contribution in [-0.2, 0) is 11.2 Å². The van der Waals surface area contributed by atoms with Crippen LogP contribution in [-0.4, -0.2) is 37.3 Å². The lowest BCUT2D eigenvalue weighted by molar-refractivity contribution is 0.0487. The van der Waals surface area contributed by atoms with Gasteiger partial charge in [-0.15, -0.1) is 0 Å². The number of halogens is 1. The van der Waals surface area contributed by atoms with Gasteiger partial charge in [0.2, 0.25) is 0 Å². The monoisotopic (exact) mass is 608 g/mol. The van der Waals surface area contributed by atoms with Gasteiger partial charge in [-0.3, -0.25) is 4.57 Å². The predicted octanol–water partition coefficient (Wildman–Crippen LogP) is 8.01. The van der Waals surface area contributed by atoms with Gasteiger partial charge in [-0.05, 0) is 113 Å². The first kappa shape index (κ1) is 29.6. The fraction of sp³-hybridized carbons (Fsp3) is 0.314.